The summed E-state index contributed by atoms with van der Waals surface area (Å²) in [6, 6.07) is -0.402. The average molecular weight is 215 g/mol. The molecule has 15 heavy (non-hydrogen) atoms. The van der Waals surface area contributed by atoms with Crippen molar-refractivity contribution in [2.45, 2.75) is 33.2 Å². The maximum absolute atomic E-state index is 11.0. The van der Waals surface area contributed by atoms with E-state index in [1.54, 1.807) is 0 Å². The van der Waals surface area contributed by atoms with E-state index in [2.05, 4.69) is 13.8 Å². The predicted octanol–water partition coefficient (Wildman–Crippen LogP) is 0.800. The first-order chi connectivity index (χ1) is 6.92. The first-order valence-corrected chi connectivity index (χ1v) is 5.50. The van der Waals surface area contributed by atoms with E-state index in [1.807, 2.05) is 11.8 Å². The molecule has 0 saturated carbocycles. The molecule has 1 aliphatic heterocycles. The Balaban J connectivity index is 2.72. The molecule has 1 heterocycles. The molecule has 1 fully saturated rings. The van der Waals surface area contributed by atoms with Crippen LogP contribution in [0.1, 0.15) is 27.2 Å². The summed E-state index contributed by atoms with van der Waals surface area (Å²) in [7, 11) is 0. The molecule has 2 atom stereocenters. The number of hydrogen-bond acceptors (Lipinski definition) is 3. The molecule has 1 aliphatic rings. The van der Waals surface area contributed by atoms with Crippen LogP contribution in [0.2, 0.25) is 0 Å². The van der Waals surface area contributed by atoms with Gasteiger partial charge in [0, 0.05) is 25.6 Å². The van der Waals surface area contributed by atoms with Crippen LogP contribution in [0.25, 0.3) is 0 Å². The summed E-state index contributed by atoms with van der Waals surface area (Å²) in [6.45, 7) is 7.64. The highest BCUT2D eigenvalue weighted by molar-refractivity contribution is 5.73. The van der Waals surface area contributed by atoms with Gasteiger partial charge in [0.1, 0.15) is 6.04 Å². The summed E-state index contributed by atoms with van der Waals surface area (Å²) in [6.07, 6.45) is 0.615. The minimum Gasteiger partial charge on any atom is -0.480 e. The number of aliphatic carboxylic acids is 1. The van der Waals surface area contributed by atoms with Crippen LogP contribution in [0, 0.1) is 11.3 Å². The van der Waals surface area contributed by atoms with Gasteiger partial charge in [0.25, 0.3) is 0 Å². The van der Waals surface area contributed by atoms with Crippen LogP contribution < -0.4 is 0 Å². The quantitative estimate of drug-likeness (QED) is 0.728. The maximum Gasteiger partial charge on any atom is 0.320 e. The number of rotatable bonds is 4. The minimum absolute atomic E-state index is 0.0115. The molecule has 88 valence electrons. The third-order valence-electron chi connectivity index (χ3n) is 3.50. The van der Waals surface area contributed by atoms with E-state index in [0.717, 1.165) is 6.54 Å². The van der Waals surface area contributed by atoms with Gasteiger partial charge in [0.05, 0.1) is 0 Å². The molecule has 0 aromatic rings. The van der Waals surface area contributed by atoms with E-state index in [9.17, 15) is 9.90 Å². The molecule has 0 amide bonds. The molecule has 2 N–H and O–H groups in total. The van der Waals surface area contributed by atoms with Crippen molar-refractivity contribution in [1.29, 1.82) is 0 Å². The molecule has 0 aliphatic carbocycles. The number of hydrogen-bond donors (Lipinski definition) is 2. The van der Waals surface area contributed by atoms with Crippen molar-refractivity contribution in [3.63, 3.8) is 0 Å². The number of carbonyl (C=O) groups is 1. The van der Waals surface area contributed by atoms with Crippen LogP contribution >= 0.6 is 0 Å². The third kappa shape index (κ3) is 2.49. The van der Waals surface area contributed by atoms with E-state index in [1.165, 1.54) is 0 Å². The Morgan fingerprint density at radius 3 is 2.53 bits per heavy atom. The molecule has 0 bridgehead atoms. The van der Waals surface area contributed by atoms with Gasteiger partial charge < -0.3 is 10.2 Å². The van der Waals surface area contributed by atoms with Gasteiger partial charge in [0.15, 0.2) is 0 Å². The molecule has 0 aromatic carbocycles. The summed E-state index contributed by atoms with van der Waals surface area (Å²) in [5.41, 5.74) is 0.0115. The van der Waals surface area contributed by atoms with Crippen LogP contribution in [-0.4, -0.2) is 46.8 Å². The number of aliphatic hydroxyl groups excluding tert-OH is 1. The number of carboxylic acids is 1. The first kappa shape index (κ1) is 12.5. The fraction of sp³-hybridized carbons (Fsp3) is 0.909. The van der Waals surface area contributed by atoms with Crippen LogP contribution in [0.5, 0.6) is 0 Å². The third-order valence-corrected chi connectivity index (χ3v) is 3.50. The number of nitrogens with zero attached hydrogens (tertiary/aromatic N) is 1. The summed E-state index contributed by atoms with van der Waals surface area (Å²) < 4.78 is 0. The van der Waals surface area contributed by atoms with E-state index < -0.39 is 12.0 Å². The normalized spacial score (nSPS) is 27.9. The van der Waals surface area contributed by atoms with Crippen LogP contribution in [-0.2, 0) is 4.79 Å². The zero-order chi connectivity index (χ0) is 11.6. The fourth-order valence-electron chi connectivity index (χ4n) is 2.38. The highest BCUT2D eigenvalue weighted by atomic mass is 16.4. The van der Waals surface area contributed by atoms with Gasteiger partial charge in [-0.2, -0.15) is 0 Å². The topological polar surface area (TPSA) is 60.8 Å². The van der Waals surface area contributed by atoms with E-state index in [0.29, 0.717) is 13.0 Å². The lowest BCUT2D eigenvalue weighted by Crippen LogP contribution is -2.40. The van der Waals surface area contributed by atoms with E-state index in [-0.39, 0.29) is 17.9 Å². The second-order valence-corrected chi connectivity index (χ2v) is 5.06. The lowest BCUT2D eigenvalue weighted by molar-refractivity contribution is -0.143. The Kier molecular flexibility index (Phi) is 3.73. The summed E-state index contributed by atoms with van der Waals surface area (Å²) in [5.74, 6) is -0.571. The molecule has 1 rings (SSSR count). The fourth-order valence-corrected chi connectivity index (χ4v) is 2.38. The molecular weight excluding hydrogens is 194 g/mol. The SMILES string of the molecule is CCC(C(=O)O)N1CC(CO)C(C)(C)C1. The molecule has 1 saturated heterocycles. The molecule has 2 unspecified atom stereocenters. The Bertz CT molecular complexity index is 240. The second kappa shape index (κ2) is 4.49. The molecule has 0 aromatic heterocycles. The van der Waals surface area contributed by atoms with Crippen LogP contribution in [0.4, 0.5) is 0 Å². The molecule has 4 nitrogen and oxygen atoms in total. The Labute approximate surface area is 90.9 Å². The van der Waals surface area contributed by atoms with Crippen molar-refractivity contribution in [1.82, 2.24) is 4.90 Å². The van der Waals surface area contributed by atoms with Crippen molar-refractivity contribution >= 4 is 5.97 Å². The monoisotopic (exact) mass is 215 g/mol. The van der Waals surface area contributed by atoms with E-state index in [4.69, 9.17) is 5.11 Å². The summed E-state index contributed by atoms with van der Waals surface area (Å²) in [5, 5.41) is 18.3. The molecule has 4 heteroatoms. The zero-order valence-corrected chi connectivity index (χ0v) is 9.73. The van der Waals surface area contributed by atoms with Gasteiger partial charge in [-0.05, 0) is 11.8 Å². The standard InChI is InChI=1S/C11H21NO3/c1-4-9(10(14)15)12-5-8(6-13)11(2,3)7-12/h8-9,13H,4-7H2,1-3H3,(H,14,15). The Morgan fingerprint density at radius 1 is 1.60 bits per heavy atom. The van der Waals surface area contributed by atoms with Gasteiger partial charge in [0.2, 0.25) is 0 Å². The van der Waals surface area contributed by atoms with Crippen molar-refractivity contribution in [2.75, 3.05) is 19.7 Å². The molecule has 0 radical (unpaired) electrons. The second-order valence-electron chi connectivity index (χ2n) is 5.06. The number of aliphatic hydroxyl groups is 1. The summed E-state index contributed by atoms with van der Waals surface area (Å²) >= 11 is 0. The van der Waals surface area contributed by atoms with Gasteiger partial charge >= 0.3 is 5.97 Å². The lowest BCUT2D eigenvalue weighted by Gasteiger charge is -2.25. The largest absolute Gasteiger partial charge is 0.480 e. The summed E-state index contributed by atoms with van der Waals surface area (Å²) in [4.78, 5) is 13.0. The molecular formula is C11H21NO3. The first-order valence-electron chi connectivity index (χ1n) is 5.50. The highest BCUT2D eigenvalue weighted by Crippen LogP contribution is 2.36. The molecule has 0 spiro atoms. The van der Waals surface area contributed by atoms with Crippen molar-refractivity contribution in [3.8, 4) is 0 Å². The maximum atomic E-state index is 11.0. The zero-order valence-electron chi connectivity index (χ0n) is 9.73. The average Bonchev–Trinajstić information content (AvgIpc) is 2.41. The highest BCUT2D eigenvalue weighted by Gasteiger charge is 2.42. The van der Waals surface area contributed by atoms with Crippen molar-refractivity contribution in [2.24, 2.45) is 11.3 Å². The predicted molar refractivity (Wildman–Crippen MR) is 57.6 cm³/mol. The van der Waals surface area contributed by atoms with Crippen molar-refractivity contribution < 1.29 is 15.0 Å². The number of likely N-dealkylation sites (tertiary alicyclic amines) is 1. The van der Waals surface area contributed by atoms with Gasteiger partial charge in [-0.15, -0.1) is 0 Å². The Morgan fingerprint density at radius 2 is 2.20 bits per heavy atom. The Hall–Kier alpha value is -0.610. The van der Waals surface area contributed by atoms with Crippen molar-refractivity contribution in [3.05, 3.63) is 0 Å². The lowest BCUT2D eigenvalue weighted by atomic mass is 9.83. The number of carboxylic acid groups (broad SMARTS) is 1. The minimum atomic E-state index is -0.758. The van der Waals surface area contributed by atoms with Gasteiger partial charge in [-0.3, -0.25) is 9.69 Å². The van der Waals surface area contributed by atoms with Crippen LogP contribution in [0.3, 0.4) is 0 Å². The van der Waals surface area contributed by atoms with E-state index >= 15 is 0 Å². The smallest absolute Gasteiger partial charge is 0.320 e. The van der Waals surface area contributed by atoms with Gasteiger partial charge in [-0.25, -0.2) is 0 Å². The van der Waals surface area contributed by atoms with Crippen LogP contribution in [0.15, 0.2) is 0 Å². The van der Waals surface area contributed by atoms with Gasteiger partial charge in [-0.1, -0.05) is 20.8 Å².